The van der Waals surface area contributed by atoms with Crippen LogP contribution in [0.3, 0.4) is 0 Å². The molecule has 0 bridgehead atoms. The molecule has 224 valence electrons. The second kappa shape index (κ2) is 13.6. The summed E-state index contributed by atoms with van der Waals surface area (Å²) in [5.41, 5.74) is 5.50. The highest BCUT2D eigenvalue weighted by Crippen LogP contribution is 2.37. The largest absolute Gasteiger partial charge is 0.413 e. The molecule has 0 spiro atoms. The Labute approximate surface area is 254 Å². The number of carbonyl (C=O) groups is 1. The molecule has 42 heavy (non-hydrogen) atoms. The minimum absolute atomic E-state index is 0.0147. The number of benzene rings is 2. The van der Waals surface area contributed by atoms with Crippen molar-refractivity contribution >= 4 is 19.9 Å². The van der Waals surface area contributed by atoms with Crippen molar-refractivity contribution in [3.8, 4) is 6.07 Å². The van der Waals surface area contributed by atoms with Gasteiger partial charge in [0, 0.05) is 44.3 Å². The third-order valence-corrected chi connectivity index (χ3v) is 12.8. The second-order valence-electron chi connectivity index (χ2n) is 13.1. The van der Waals surface area contributed by atoms with Gasteiger partial charge in [-0.2, -0.15) is 0 Å². The summed E-state index contributed by atoms with van der Waals surface area (Å²) in [4.78, 5) is 23.2. The molecule has 1 saturated heterocycles. The van der Waals surface area contributed by atoms with E-state index in [1.54, 1.807) is 0 Å². The fraction of sp³-hybridized carbons (Fsp3) is 0.500. The van der Waals surface area contributed by atoms with Crippen LogP contribution in [0.5, 0.6) is 0 Å². The highest BCUT2D eigenvalue weighted by atomic mass is 28.4. The van der Waals surface area contributed by atoms with Gasteiger partial charge in [0.2, 0.25) is 5.91 Å². The SMILES string of the molecule is [C-]#[N+]/C(C#N)=C1\N(CCC(=O)N(c2cccc(CO[Si](C)(C)C(C)(C)C)c2)C(C)C)CCN1Cc1cc(C)cc(C)c1. The summed E-state index contributed by atoms with van der Waals surface area (Å²) in [6, 6.07) is 16.6. The van der Waals surface area contributed by atoms with E-state index in [0.29, 0.717) is 38.6 Å². The van der Waals surface area contributed by atoms with Crippen LogP contribution in [0.1, 0.15) is 63.3 Å². The monoisotopic (exact) mass is 585 g/mol. The lowest BCUT2D eigenvalue weighted by molar-refractivity contribution is -0.119. The Morgan fingerprint density at radius 2 is 1.74 bits per heavy atom. The molecule has 2 aromatic carbocycles. The molecule has 8 heteroatoms. The van der Waals surface area contributed by atoms with Crippen molar-refractivity contribution < 1.29 is 9.22 Å². The maximum absolute atomic E-state index is 13.7. The number of carbonyl (C=O) groups excluding carboxylic acids is 1. The Balaban J connectivity index is 1.76. The standard InChI is InChI=1S/C34H47N5O2Si/c1-25(2)39(30-13-11-12-28(21-30)24-41-42(9,10)34(5,6)7)32(40)14-15-37-16-17-38(33(37)31(22-35)36-8)23-29-19-26(3)18-27(4)20-29/h11-13,18-21,25H,14-17,23-24H2,1-7,9-10H3/b33-31+. The van der Waals surface area contributed by atoms with Crippen LogP contribution in [-0.4, -0.2) is 49.7 Å². The predicted molar refractivity (Wildman–Crippen MR) is 173 cm³/mol. The van der Waals surface area contributed by atoms with E-state index >= 15 is 0 Å². The number of hydrogen-bond acceptors (Lipinski definition) is 5. The van der Waals surface area contributed by atoms with E-state index in [0.717, 1.165) is 16.8 Å². The Morgan fingerprint density at radius 3 is 2.31 bits per heavy atom. The van der Waals surface area contributed by atoms with Crippen molar-refractivity contribution in [2.75, 3.05) is 24.5 Å². The van der Waals surface area contributed by atoms with Gasteiger partial charge in [-0.05, 0) is 69.1 Å². The number of allylic oxidation sites excluding steroid dienone is 1. The molecule has 0 aromatic heterocycles. The third kappa shape index (κ3) is 8.03. The molecule has 1 heterocycles. The van der Waals surface area contributed by atoms with Crippen molar-refractivity contribution in [3.05, 3.63) is 87.7 Å². The van der Waals surface area contributed by atoms with Gasteiger partial charge >= 0.3 is 5.70 Å². The van der Waals surface area contributed by atoms with Crippen molar-refractivity contribution in [3.63, 3.8) is 0 Å². The lowest BCUT2D eigenvalue weighted by atomic mass is 10.1. The first-order valence-electron chi connectivity index (χ1n) is 14.8. The van der Waals surface area contributed by atoms with Gasteiger partial charge in [0.05, 0.1) is 19.2 Å². The number of rotatable bonds is 10. The quantitative estimate of drug-likeness (QED) is 0.165. The molecule has 3 rings (SSSR count). The molecule has 0 unspecified atom stereocenters. The van der Waals surface area contributed by atoms with E-state index in [2.05, 4.69) is 93.9 Å². The maximum Gasteiger partial charge on any atom is 0.300 e. The molecule has 1 fully saturated rings. The summed E-state index contributed by atoms with van der Waals surface area (Å²) in [7, 11) is -1.90. The topological polar surface area (TPSA) is 64.2 Å². The Hall–Kier alpha value is -3.59. The number of nitriles is 1. The summed E-state index contributed by atoms with van der Waals surface area (Å²) >= 11 is 0. The van der Waals surface area contributed by atoms with E-state index in [9.17, 15) is 10.1 Å². The predicted octanol–water partition coefficient (Wildman–Crippen LogP) is 7.39. The van der Waals surface area contributed by atoms with Gasteiger partial charge < -0.3 is 19.1 Å². The van der Waals surface area contributed by atoms with Gasteiger partial charge in [0.25, 0.3) is 0 Å². The van der Waals surface area contributed by atoms with E-state index in [-0.39, 0.29) is 29.1 Å². The summed E-state index contributed by atoms with van der Waals surface area (Å²) in [6.45, 7) is 30.0. The van der Waals surface area contributed by atoms with Gasteiger partial charge in [-0.15, -0.1) is 0 Å². The maximum atomic E-state index is 13.7. The first-order valence-corrected chi connectivity index (χ1v) is 17.7. The minimum atomic E-state index is -1.90. The van der Waals surface area contributed by atoms with Gasteiger partial charge in [-0.25, -0.2) is 10.1 Å². The zero-order chi connectivity index (χ0) is 31.2. The molecule has 2 aromatic rings. The number of amides is 1. The number of aryl methyl sites for hydroxylation is 2. The molecule has 0 atom stereocenters. The molecule has 7 nitrogen and oxygen atoms in total. The minimum Gasteiger partial charge on any atom is -0.413 e. The van der Waals surface area contributed by atoms with Gasteiger partial charge in [-0.1, -0.05) is 62.2 Å². The highest BCUT2D eigenvalue weighted by Gasteiger charge is 2.37. The Kier molecular flexibility index (Phi) is 10.6. The Morgan fingerprint density at radius 1 is 1.10 bits per heavy atom. The highest BCUT2D eigenvalue weighted by molar-refractivity contribution is 6.74. The number of anilines is 1. The fourth-order valence-electron chi connectivity index (χ4n) is 5.19. The van der Waals surface area contributed by atoms with Gasteiger partial charge in [0.15, 0.2) is 8.32 Å². The smallest absolute Gasteiger partial charge is 0.300 e. The summed E-state index contributed by atoms with van der Waals surface area (Å²) in [6.07, 6.45) is 0.278. The summed E-state index contributed by atoms with van der Waals surface area (Å²) in [5, 5.41) is 9.90. The average Bonchev–Trinajstić information content (AvgIpc) is 3.28. The summed E-state index contributed by atoms with van der Waals surface area (Å²) in [5.74, 6) is 0.640. The van der Waals surface area contributed by atoms with Crippen molar-refractivity contribution in [2.24, 2.45) is 0 Å². The molecule has 0 N–H and O–H groups in total. The molecule has 0 saturated carbocycles. The van der Waals surface area contributed by atoms with Crippen LogP contribution in [0.25, 0.3) is 4.85 Å². The normalized spacial score (nSPS) is 15.0. The van der Waals surface area contributed by atoms with Crippen molar-refractivity contribution in [1.29, 1.82) is 5.26 Å². The van der Waals surface area contributed by atoms with Crippen molar-refractivity contribution in [1.82, 2.24) is 9.80 Å². The molecule has 1 aliphatic heterocycles. The van der Waals surface area contributed by atoms with E-state index < -0.39 is 8.32 Å². The van der Waals surface area contributed by atoms with Gasteiger partial charge in [0.1, 0.15) is 5.82 Å². The fourth-order valence-corrected chi connectivity index (χ4v) is 6.15. The first-order chi connectivity index (χ1) is 19.7. The average molecular weight is 586 g/mol. The third-order valence-electron chi connectivity index (χ3n) is 8.30. The molecule has 0 aliphatic carbocycles. The number of nitrogens with zero attached hydrogens (tertiary/aromatic N) is 5. The van der Waals surface area contributed by atoms with Crippen LogP contribution in [-0.2, 0) is 22.4 Å². The zero-order valence-corrected chi connectivity index (χ0v) is 27.9. The van der Waals surface area contributed by atoms with Crippen LogP contribution < -0.4 is 4.90 Å². The molecular weight excluding hydrogens is 538 g/mol. The van der Waals surface area contributed by atoms with Crippen LogP contribution in [0.2, 0.25) is 18.1 Å². The van der Waals surface area contributed by atoms with Crippen LogP contribution in [0.4, 0.5) is 5.69 Å². The molecule has 1 amide bonds. The van der Waals surface area contributed by atoms with E-state index in [1.807, 2.05) is 35.8 Å². The van der Waals surface area contributed by atoms with Crippen LogP contribution >= 0.6 is 0 Å². The lowest BCUT2D eigenvalue weighted by Crippen LogP contribution is -2.40. The van der Waals surface area contributed by atoms with E-state index in [1.165, 1.54) is 11.1 Å². The molecule has 0 radical (unpaired) electrons. The van der Waals surface area contributed by atoms with Crippen LogP contribution in [0, 0.1) is 31.8 Å². The Bertz CT molecular complexity index is 1360. The molecular formula is C34H47N5O2Si. The number of hydrogen-bond donors (Lipinski definition) is 0. The molecule has 1 aliphatic rings. The lowest BCUT2D eigenvalue weighted by Gasteiger charge is -2.36. The van der Waals surface area contributed by atoms with E-state index in [4.69, 9.17) is 11.0 Å². The summed E-state index contributed by atoms with van der Waals surface area (Å²) < 4.78 is 6.44. The zero-order valence-electron chi connectivity index (χ0n) is 26.9. The first kappa shape index (κ1) is 32.9. The van der Waals surface area contributed by atoms with Crippen LogP contribution in [0.15, 0.2) is 54.0 Å². The van der Waals surface area contributed by atoms with Crippen molar-refractivity contribution in [2.45, 2.75) is 92.2 Å². The second-order valence-corrected chi connectivity index (χ2v) is 17.9. The van der Waals surface area contributed by atoms with Gasteiger partial charge in [-0.3, -0.25) is 4.79 Å².